The number of rotatable bonds is 5. The molecular formula is C58H43FN2. The minimum absolute atomic E-state index is 0.115. The van der Waals surface area contributed by atoms with Crippen LogP contribution < -0.4 is 4.90 Å². The molecule has 2 aliphatic carbocycles. The molecule has 0 saturated carbocycles. The topological polar surface area (TPSA) is 8.17 Å². The van der Waals surface area contributed by atoms with Gasteiger partial charge in [0.25, 0.3) is 0 Å². The average Bonchev–Trinajstić information content (AvgIpc) is 3.83. The van der Waals surface area contributed by atoms with Gasteiger partial charge in [0.1, 0.15) is 5.82 Å². The van der Waals surface area contributed by atoms with E-state index in [0.29, 0.717) is 0 Å². The van der Waals surface area contributed by atoms with Crippen LogP contribution in [0.2, 0.25) is 0 Å². The van der Waals surface area contributed by atoms with Gasteiger partial charge < -0.3 is 9.47 Å². The SMILES string of the molecule is CC1(C)c2ccccc2-c2ccc(N(c3ccc4c(c3)C(C)(C)c3cc(-c5ccc6c(c5)c5ccccc5n6-c5ccc(F)cc5)ccc3-4)c3cccc4ccccc34)cc21. The maximum Gasteiger partial charge on any atom is 0.123 e. The third-order valence-corrected chi connectivity index (χ3v) is 13.8. The Balaban J connectivity index is 0.975. The molecule has 10 aromatic rings. The first-order valence-electron chi connectivity index (χ1n) is 21.3. The third kappa shape index (κ3) is 5.20. The van der Waals surface area contributed by atoms with E-state index in [1.807, 2.05) is 12.1 Å². The number of benzene rings is 9. The van der Waals surface area contributed by atoms with E-state index in [4.69, 9.17) is 0 Å². The van der Waals surface area contributed by atoms with Gasteiger partial charge in [0.2, 0.25) is 0 Å². The molecule has 2 aliphatic rings. The quantitative estimate of drug-likeness (QED) is 0.169. The predicted octanol–water partition coefficient (Wildman–Crippen LogP) is 15.8. The fraction of sp³-hybridized carbons (Fsp3) is 0.103. The third-order valence-electron chi connectivity index (χ3n) is 13.8. The van der Waals surface area contributed by atoms with Crippen LogP contribution in [0.3, 0.4) is 0 Å². The second-order valence-corrected chi connectivity index (χ2v) is 17.9. The monoisotopic (exact) mass is 786 g/mol. The van der Waals surface area contributed by atoms with E-state index in [9.17, 15) is 4.39 Å². The molecule has 3 heteroatoms. The lowest BCUT2D eigenvalue weighted by Gasteiger charge is -2.30. The van der Waals surface area contributed by atoms with Crippen molar-refractivity contribution in [2.24, 2.45) is 0 Å². The summed E-state index contributed by atoms with van der Waals surface area (Å²) >= 11 is 0. The maximum atomic E-state index is 14.0. The number of anilines is 3. The Hall–Kier alpha value is -7.23. The van der Waals surface area contributed by atoms with E-state index in [2.05, 4.69) is 201 Å². The molecule has 0 unspecified atom stereocenters. The Morgan fingerprint density at radius 1 is 0.410 bits per heavy atom. The highest BCUT2D eigenvalue weighted by Gasteiger charge is 2.38. The lowest BCUT2D eigenvalue weighted by molar-refractivity contribution is 0.627. The molecule has 0 radical (unpaired) electrons. The number of nitrogens with zero attached hydrogens (tertiary/aromatic N) is 2. The second-order valence-electron chi connectivity index (χ2n) is 17.9. The smallest absolute Gasteiger partial charge is 0.123 e. The van der Waals surface area contributed by atoms with Crippen LogP contribution in [0.15, 0.2) is 188 Å². The highest BCUT2D eigenvalue weighted by atomic mass is 19.1. The average molecular weight is 787 g/mol. The molecule has 9 aromatic carbocycles. The molecule has 2 nitrogen and oxygen atoms in total. The van der Waals surface area contributed by atoms with Crippen molar-refractivity contribution < 1.29 is 4.39 Å². The molecule has 61 heavy (non-hydrogen) atoms. The zero-order chi connectivity index (χ0) is 41.2. The molecule has 12 rings (SSSR count). The van der Waals surface area contributed by atoms with Crippen molar-refractivity contribution in [1.82, 2.24) is 4.57 Å². The van der Waals surface area contributed by atoms with Crippen molar-refractivity contribution in [2.45, 2.75) is 38.5 Å². The molecule has 0 spiro atoms. The van der Waals surface area contributed by atoms with Crippen molar-refractivity contribution in [3.05, 3.63) is 216 Å². The molecular weight excluding hydrogens is 744 g/mol. The van der Waals surface area contributed by atoms with Crippen molar-refractivity contribution in [3.63, 3.8) is 0 Å². The molecule has 0 atom stereocenters. The Bertz CT molecular complexity index is 3430. The van der Waals surface area contributed by atoms with E-state index < -0.39 is 0 Å². The van der Waals surface area contributed by atoms with Crippen LogP contribution in [0, 0.1) is 5.82 Å². The Kier molecular flexibility index (Phi) is 7.54. The molecule has 1 heterocycles. The second kappa shape index (κ2) is 12.9. The van der Waals surface area contributed by atoms with Gasteiger partial charge in [-0.15, -0.1) is 0 Å². The highest BCUT2D eigenvalue weighted by molar-refractivity contribution is 6.10. The van der Waals surface area contributed by atoms with E-state index >= 15 is 0 Å². The van der Waals surface area contributed by atoms with Gasteiger partial charge >= 0.3 is 0 Å². The first-order chi connectivity index (χ1) is 29.7. The Labute approximate surface area is 355 Å². The highest BCUT2D eigenvalue weighted by Crippen LogP contribution is 2.54. The number of para-hydroxylation sites is 1. The number of halogens is 1. The lowest BCUT2D eigenvalue weighted by atomic mass is 9.81. The number of hydrogen-bond acceptors (Lipinski definition) is 1. The van der Waals surface area contributed by atoms with Crippen LogP contribution >= 0.6 is 0 Å². The Morgan fingerprint density at radius 2 is 0.951 bits per heavy atom. The molecule has 0 bridgehead atoms. The summed E-state index contributed by atoms with van der Waals surface area (Å²) in [4.78, 5) is 2.48. The van der Waals surface area contributed by atoms with Crippen LogP contribution in [0.1, 0.15) is 49.9 Å². The molecule has 292 valence electrons. The standard InChI is InChI=1S/C58H43FN2/c1-57(2)50-17-9-7-15-44(50)46-29-26-41(34-52(46)57)60(54-19-11-13-36-12-5-6-14-43(36)54)42-27-30-47-45-28-20-38(33-51(45)58(3,4)53(47)35-42)37-21-31-56-49(32-37)48-16-8-10-18-55(48)61(56)40-24-22-39(59)23-25-40/h5-35H,1-4H3. The van der Waals surface area contributed by atoms with Crippen LogP contribution in [-0.2, 0) is 10.8 Å². The van der Waals surface area contributed by atoms with Crippen molar-refractivity contribution in [1.29, 1.82) is 0 Å². The van der Waals surface area contributed by atoms with E-state index in [-0.39, 0.29) is 16.6 Å². The van der Waals surface area contributed by atoms with Crippen LogP contribution in [0.5, 0.6) is 0 Å². The summed E-state index contributed by atoms with van der Waals surface area (Å²) in [5, 5.41) is 4.80. The number of aromatic nitrogens is 1. The largest absolute Gasteiger partial charge is 0.310 e. The molecule has 0 N–H and O–H groups in total. The van der Waals surface area contributed by atoms with Crippen LogP contribution in [0.4, 0.5) is 21.5 Å². The first kappa shape index (κ1) is 35.7. The van der Waals surface area contributed by atoms with Crippen molar-refractivity contribution >= 4 is 49.6 Å². The molecule has 0 saturated heterocycles. The minimum atomic E-state index is -0.245. The van der Waals surface area contributed by atoms with Crippen molar-refractivity contribution in [2.75, 3.05) is 4.90 Å². The van der Waals surface area contributed by atoms with Gasteiger partial charge in [-0.3, -0.25) is 0 Å². The summed E-state index contributed by atoms with van der Waals surface area (Å²) in [6.07, 6.45) is 0. The normalized spacial score (nSPS) is 14.2. The van der Waals surface area contributed by atoms with Gasteiger partial charge in [0.05, 0.1) is 16.7 Å². The molecule has 0 amide bonds. The van der Waals surface area contributed by atoms with Crippen molar-refractivity contribution in [3.8, 4) is 39.1 Å². The van der Waals surface area contributed by atoms with Gasteiger partial charge in [-0.2, -0.15) is 0 Å². The minimum Gasteiger partial charge on any atom is -0.310 e. The fourth-order valence-electron chi connectivity index (χ4n) is 10.7. The van der Waals surface area contributed by atoms with Crippen LogP contribution in [0.25, 0.3) is 71.6 Å². The lowest BCUT2D eigenvalue weighted by Crippen LogP contribution is -2.18. The van der Waals surface area contributed by atoms with Gasteiger partial charge in [-0.1, -0.05) is 137 Å². The summed E-state index contributed by atoms with van der Waals surface area (Å²) in [6, 6.07) is 67.5. The van der Waals surface area contributed by atoms with E-state index in [1.165, 1.54) is 89.3 Å². The summed E-state index contributed by atoms with van der Waals surface area (Å²) in [5.41, 5.74) is 19.3. The van der Waals surface area contributed by atoms with Gasteiger partial charge in [0, 0.05) is 44.1 Å². The summed E-state index contributed by atoms with van der Waals surface area (Å²) in [7, 11) is 0. The zero-order valence-corrected chi connectivity index (χ0v) is 34.7. The summed E-state index contributed by atoms with van der Waals surface area (Å²) in [5.74, 6) is -0.235. The fourth-order valence-corrected chi connectivity index (χ4v) is 10.7. The summed E-state index contributed by atoms with van der Waals surface area (Å²) in [6.45, 7) is 9.47. The van der Waals surface area contributed by atoms with Crippen LogP contribution in [-0.4, -0.2) is 4.57 Å². The number of fused-ring (bicyclic) bond motifs is 10. The Morgan fingerprint density at radius 3 is 1.70 bits per heavy atom. The molecule has 1 aromatic heterocycles. The van der Waals surface area contributed by atoms with E-state index in [1.54, 1.807) is 0 Å². The molecule has 0 fully saturated rings. The van der Waals surface area contributed by atoms with Gasteiger partial charge in [-0.05, 0) is 140 Å². The number of hydrogen-bond donors (Lipinski definition) is 0. The predicted molar refractivity (Wildman–Crippen MR) is 253 cm³/mol. The van der Waals surface area contributed by atoms with Gasteiger partial charge in [0.15, 0.2) is 0 Å². The van der Waals surface area contributed by atoms with E-state index in [0.717, 1.165) is 33.8 Å². The zero-order valence-electron chi connectivity index (χ0n) is 34.7. The van der Waals surface area contributed by atoms with Gasteiger partial charge in [-0.25, -0.2) is 4.39 Å². The maximum absolute atomic E-state index is 14.0. The first-order valence-corrected chi connectivity index (χ1v) is 21.3. The molecule has 0 aliphatic heterocycles. The summed E-state index contributed by atoms with van der Waals surface area (Å²) < 4.78 is 16.2.